The predicted molar refractivity (Wildman–Crippen MR) is 85.5 cm³/mol. The van der Waals surface area contributed by atoms with E-state index in [9.17, 15) is 18.0 Å². The van der Waals surface area contributed by atoms with E-state index in [0.29, 0.717) is 24.6 Å². The van der Waals surface area contributed by atoms with Gasteiger partial charge in [-0.2, -0.15) is 13.2 Å². The van der Waals surface area contributed by atoms with Crippen LogP contribution in [0.1, 0.15) is 43.7 Å². The number of ether oxygens (including phenoxy) is 1. The zero-order valence-electron chi connectivity index (χ0n) is 13.9. The largest absolute Gasteiger partial charge is 0.416 e. The fraction of sp³-hybridized carbons (Fsp3) is 0.611. The summed E-state index contributed by atoms with van der Waals surface area (Å²) in [4.78, 5) is 11.8. The summed E-state index contributed by atoms with van der Waals surface area (Å²) in [5.41, 5.74) is -0.383. The molecular weight excluding hydrogens is 319 g/mol. The van der Waals surface area contributed by atoms with Gasteiger partial charge in [-0.05, 0) is 30.4 Å². The second kappa shape index (κ2) is 8.51. The number of hydrogen-bond donors (Lipinski definition) is 1. The van der Waals surface area contributed by atoms with E-state index in [1.807, 2.05) is 0 Å². The second-order valence-electron chi connectivity index (χ2n) is 6.40. The molecule has 0 heterocycles. The van der Waals surface area contributed by atoms with Crippen LogP contribution in [0.4, 0.5) is 13.2 Å². The monoisotopic (exact) mass is 343 g/mol. The minimum atomic E-state index is -4.39. The number of alkyl halides is 3. The molecule has 1 aromatic rings. The van der Waals surface area contributed by atoms with Gasteiger partial charge in [-0.1, -0.05) is 38.0 Å². The van der Waals surface area contributed by atoms with Crippen molar-refractivity contribution in [3.63, 3.8) is 0 Å². The van der Waals surface area contributed by atoms with Crippen molar-refractivity contribution in [2.45, 2.75) is 51.3 Å². The second-order valence-corrected chi connectivity index (χ2v) is 6.40. The first-order valence-corrected chi connectivity index (χ1v) is 8.40. The summed E-state index contributed by atoms with van der Waals surface area (Å²) >= 11 is 0. The van der Waals surface area contributed by atoms with Gasteiger partial charge in [0.2, 0.25) is 5.91 Å². The molecule has 2 atom stereocenters. The smallest absolute Gasteiger partial charge is 0.376 e. The molecule has 2 rings (SSSR count). The molecular formula is C18H24F3NO2. The number of halogens is 3. The number of hydrogen-bond acceptors (Lipinski definition) is 2. The van der Waals surface area contributed by atoms with Crippen LogP contribution in [0.3, 0.4) is 0 Å². The highest BCUT2D eigenvalue weighted by Gasteiger charge is 2.30. The molecule has 0 radical (unpaired) electrons. The van der Waals surface area contributed by atoms with Crippen LogP contribution in [-0.4, -0.2) is 25.2 Å². The Morgan fingerprint density at radius 3 is 2.75 bits per heavy atom. The molecule has 24 heavy (non-hydrogen) atoms. The highest BCUT2D eigenvalue weighted by molar-refractivity contribution is 5.78. The average Bonchev–Trinajstić information content (AvgIpc) is 2.52. The van der Waals surface area contributed by atoms with E-state index in [-0.39, 0.29) is 18.4 Å². The highest BCUT2D eigenvalue weighted by Crippen LogP contribution is 2.29. The molecule has 1 amide bonds. The number of carbonyl (C=O) groups is 1. The third kappa shape index (κ3) is 5.82. The van der Waals surface area contributed by atoms with Gasteiger partial charge in [0, 0.05) is 6.54 Å². The summed E-state index contributed by atoms with van der Waals surface area (Å²) in [7, 11) is 0. The van der Waals surface area contributed by atoms with Crippen LogP contribution in [0, 0.1) is 5.92 Å². The average molecular weight is 343 g/mol. The minimum Gasteiger partial charge on any atom is -0.376 e. The summed E-state index contributed by atoms with van der Waals surface area (Å²) in [5.74, 6) is 0.245. The van der Waals surface area contributed by atoms with Crippen molar-refractivity contribution in [1.82, 2.24) is 5.32 Å². The Morgan fingerprint density at radius 2 is 2.04 bits per heavy atom. The fourth-order valence-corrected chi connectivity index (χ4v) is 3.04. The fourth-order valence-electron chi connectivity index (χ4n) is 3.04. The number of amides is 1. The lowest BCUT2D eigenvalue weighted by molar-refractivity contribution is -0.137. The minimum absolute atomic E-state index is 0.0657. The van der Waals surface area contributed by atoms with Crippen LogP contribution in [-0.2, 0) is 22.1 Å². The van der Waals surface area contributed by atoms with Crippen molar-refractivity contribution < 1.29 is 22.7 Å². The lowest BCUT2D eigenvalue weighted by Crippen LogP contribution is -2.32. The van der Waals surface area contributed by atoms with Gasteiger partial charge >= 0.3 is 6.18 Å². The molecule has 1 saturated carbocycles. The highest BCUT2D eigenvalue weighted by atomic mass is 19.4. The zero-order chi connectivity index (χ0) is 17.6. The number of nitrogens with one attached hydrogen (secondary N) is 1. The first-order valence-electron chi connectivity index (χ1n) is 8.40. The molecule has 0 aromatic heterocycles. The van der Waals surface area contributed by atoms with Gasteiger partial charge < -0.3 is 10.1 Å². The summed E-state index contributed by atoms with van der Waals surface area (Å²) in [6, 6.07) is 4.86. The summed E-state index contributed by atoms with van der Waals surface area (Å²) < 4.78 is 43.7. The molecule has 0 saturated heterocycles. The van der Waals surface area contributed by atoms with E-state index in [4.69, 9.17) is 4.74 Å². The Labute approximate surface area is 140 Å². The van der Waals surface area contributed by atoms with E-state index >= 15 is 0 Å². The number of carbonyl (C=O) groups excluding carboxylic acids is 1. The van der Waals surface area contributed by atoms with Crippen molar-refractivity contribution in [2.75, 3.05) is 13.2 Å². The Bertz CT molecular complexity index is 545. The Hall–Kier alpha value is -1.56. The van der Waals surface area contributed by atoms with Gasteiger partial charge in [0.05, 0.1) is 24.7 Å². The van der Waals surface area contributed by atoms with Crippen molar-refractivity contribution in [2.24, 2.45) is 5.92 Å². The quantitative estimate of drug-likeness (QED) is 0.794. The van der Waals surface area contributed by atoms with E-state index in [0.717, 1.165) is 18.6 Å². The van der Waals surface area contributed by atoms with E-state index in [1.54, 1.807) is 0 Å². The summed E-state index contributed by atoms with van der Waals surface area (Å²) in [6.45, 7) is 2.99. The third-order valence-corrected chi connectivity index (χ3v) is 4.41. The lowest BCUT2D eigenvalue weighted by atomic mass is 9.88. The van der Waals surface area contributed by atoms with Crippen LogP contribution < -0.4 is 5.32 Å². The van der Waals surface area contributed by atoms with Crippen LogP contribution in [0.25, 0.3) is 0 Å². The Balaban J connectivity index is 1.71. The van der Waals surface area contributed by atoms with Crippen molar-refractivity contribution in [3.05, 3.63) is 35.4 Å². The Kier molecular flexibility index (Phi) is 6.66. The van der Waals surface area contributed by atoms with Crippen molar-refractivity contribution >= 4 is 5.91 Å². The van der Waals surface area contributed by atoms with E-state index in [1.165, 1.54) is 31.4 Å². The lowest BCUT2D eigenvalue weighted by Gasteiger charge is -2.28. The molecule has 1 aliphatic rings. The van der Waals surface area contributed by atoms with E-state index < -0.39 is 11.7 Å². The van der Waals surface area contributed by atoms with Crippen LogP contribution in [0.2, 0.25) is 0 Å². The van der Waals surface area contributed by atoms with Gasteiger partial charge in [-0.15, -0.1) is 0 Å². The molecule has 0 bridgehead atoms. The van der Waals surface area contributed by atoms with Crippen LogP contribution in [0.5, 0.6) is 0 Å². The topological polar surface area (TPSA) is 38.3 Å². The molecule has 1 fully saturated rings. The SMILES string of the molecule is C[C@@H]1CCCC[C@@H]1OCCNC(=O)Cc1cccc(C(F)(F)F)c1. The van der Waals surface area contributed by atoms with Gasteiger partial charge in [-0.3, -0.25) is 4.79 Å². The molecule has 1 N–H and O–H groups in total. The zero-order valence-corrected chi connectivity index (χ0v) is 13.9. The summed E-state index contributed by atoms with van der Waals surface area (Å²) in [5, 5.41) is 2.70. The van der Waals surface area contributed by atoms with Gasteiger partial charge in [0.25, 0.3) is 0 Å². The van der Waals surface area contributed by atoms with Crippen molar-refractivity contribution in [3.8, 4) is 0 Å². The first kappa shape index (κ1) is 18.8. The Morgan fingerprint density at radius 1 is 1.29 bits per heavy atom. The van der Waals surface area contributed by atoms with Crippen LogP contribution in [0.15, 0.2) is 24.3 Å². The maximum absolute atomic E-state index is 12.6. The van der Waals surface area contributed by atoms with Crippen molar-refractivity contribution in [1.29, 1.82) is 0 Å². The molecule has 134 valence electrons. The van der Waals surface area contributed by atoms with Gasteiger partial charge in [0.15, 0.2) is 0 Å². The third-order valence-electron chi connectivity index (χ3n) is 4.41. The molecule has 3 nitrogen and oxygen atoms in total. The number of benzene rings is 1. The summed E-state index contributed by atoms with van der Waals surface area (Å²) in [6.07, 6.45) is 0.442. The van der Waals surface area contributed by atoms with Gasteiger partial charge in [-0.25, -0.2) is 0 Å². The van der Waals surface area contributed by atoms with Crippen LogP contribution >= 0.6 is 0 Å². The molecule has 0 unspecified atom stereocenters. The van der Waals surface area contributed by atoms with Gasteiger partial charge in [0.1, 0.15) is 0 Å². The van der Waals surface area contributed by atoms with E-state index in [2.05, 4.69) is 12.2 Å². The molecule has 0 spiro atoms. The number of rotatable bonds is 6. The molecule has 6 heteroatoms. The molecule has 1 aromatic carbocycles. The molecule has 1 aliphatic carbocycles. The first-order chi connectivity index (χ1) is 11.4. The maximum Gasteiger partial charge on any atom is 0.416 e. The molecule has 0 aliphatic heterocycles. The predicted octanol–water partition coefficient (Wildman–Crippen LogP) is 3.96. The maximum atomic E-state index is 12.6. The normalized spacial score (nSPS) is 21.5. The standard InChI is InChI=1S/C18H24F3NO2/c1-13-5-2-3-8-16(13)24-10-9-22-17(23)12-14-6-4-7-15(11-14)18(19,20)21/h4,6-7,11,13,16H,2-3,5,8-10,12H2,1H3,(H,22,23)/t13-,16+/m1/s1.